The summed E-state index contributed by atoms with van der Waals surface area (Å²) < 4.78 is 0.710. The number of anilines is 3. The Balaban J connectivity index is 1.85. The Morgan fingerprint density at radius 2 is 1.86 bits per heavy atom. The van der Waals surface area contributed by atoms with Crippen molar-refractivity contribution in [3.05, 3.63) is 75.7 Å². The zero-order chi connectivity index (χ0) is 20.8. The molecule has 0 radical (unpaired) electrons. The van der Waals surface area contributed by atoms with Crippen LogP contribution in [0, 0.1) is 11.3 Å². The summed E-state index contributed by atoms with van der Waals surface area (Å²) in [4.78, 5) is 30.5. The van der Waals surface area contributed by atoms with Gasteiger partial charge in [0.1, 0.15) is 11.6 Å². The molecule has 0 aliphatic rings. The molecular formula is C21H15BrN4O2S. The molecule has 3 rings (SSSR count). The number of carbonyl (C=O) groups is 2. The largest absolute Gasteiger partial charge is 0.320 e. The molecule has 0 aliphatic carbocycles. The molecule has 6 nitrogen and oxygen atoms in total. The summed E-state index contributed by atoms with van der Waals surface area (Å²) in [7, 11) is 0. The van der Waals surface area contributed by atoms with E-state index in [0.29, 0.717) is 26.7 Å². The lowest BCUT2D eigenvalue weighted by atomic mass is 10.2. The van der Waals surface area contributed by atoms with E-state index in [-0.39, 0.29) is 11.5 Å². The minimum atomic E-state index is -0.541. The third-order valence-electron chi connectivity index (χ3n) is 3.81. The van der Waals surface area contributed by atoms with Gasteiger partial charge in [0.2, 0.25) is 5.91 Å². The first-order valence-corrected chi connectivity index (χ1v) is 10.2. The Morgan fingerprint density at radius 3 is 2.52 bits per heavy atom. The van der Waals surface area contributed by atoms with Crippen molar-refractivity contribution >= 4 is 61.7 Å². The Labute approximate surface area is 180 Å². The van der Waals surface area contributed by atoms with Crippen LogP contribution in [0.4, 0.5) is 16.5 Å². The molecule has 29 heavy (non-hydrogen) atoms. The number of nitriles is 1. The van der Waals surface area contributed by atoms with Crippen molar-refractivity contribution in [2.45, 2.75) is 6.92 Å². The first-order chi connectivity index (χ1) is 14.0. The van der Waals surface area contributed by atoms with Gasteiger partial charge in [0.15, 0.2) is 5.13 Å². The SMILES string of the molecule is CC(=O)N(c1ccccc1)c1nc(/C=C(/C#N)C(=O)Nc2ccccc2Br)cs1. The molecule has 0 saturated carbocycles. The van der Waals surface area contributed by atoms with Crippen LogP contribution in [-0.4, -0.2) is 16.8 Å². The maximum atomic E-state index is 12.5. The number of amides is 2. The number of rotatable bonds is 5. The van der Waals surface area contributed by atoms with Gasteiger partial charge in [-0.3, -0.25) is 14.5 Å². The number of benzene rings is 2. The van der Waals surface area contributed by atoms with Crippen molar-refractivity contribution in [2.24, 2.45) is 0 Å². The van der Waals surface area contributed by atoms with Crippen LogP contribution < -0.4 is 10.2 Å². The van der Waals surface area contributed by atoms with E-state index in [9.17, 15) is 14.9 Å². The van der Waals surface area contributed by atoms with Gasteiger partial charge in [0, 0.05) is 16.8 Å². The third-order valence-corrected chi connectivity index (χ3v) is 5.35. The fourth-order valence-electron chi connectivity index (χ4n) is 2.50. The summed E-state index contributed by atoms with van der Waals surface area (Å²) >= 11 is 4.60. The van der Waals surface area contributed by atoms with Crippen LogP contribution in [0.3, 0.4) is 0 Å². The van der Waals surface area contributed by atoms with Crippen LogP contribution in [0.15, 0.2) is 70.0 Å². The average molecular weight is 467 g/mol. The van der Waals surface area contributed by atoms with Crippen molar-refractivity contribution in [3.8, 4) is 6.07 Å². The smallest absolute Gasteiger partial charge is 0.266 e. The molecule has 0 spiro atoms. The molecule has 8 heteroatoms. The van der Waals surface area contributed by atoms with Gasteiger partial charge in [-0.25, -0.2) is 4.98 Å². The second-order valence-corrected chi connectivity index (χ2v) is 7.54. The highest BCUT2D eigenvalue weighted by Crippen LogP contribution is 2.29. The normalized spacial score (nSPS) is 10.9. The van der Waals surface area contributed by atoms with E-state index in [4.69, 9.17) is 0 Å². The monoisotopic (exact) mass is 466 g/mol. The summed E-state index contributed by atoms with van der Waals surface area (Å²) in [5.41, 5.74) is 1.58. The highest BCUT2D eigenvalue weighted by molar-refractivity contribution is 9.10. The van der Waals surface area contributed by atoms with Crippen LogP contribution >= 0.6 is 27.3 Å². The molecule has 0 fully saturated rings. The summed E-state index contributed by atoms with van der Waals surface area (Å²) in [6, 6.07) is 18.2. The number of hydrogen-bond donors (Lipinski definition) is 1. The third kappa shape index (κ3) is 4.96. The van der Waals surface area contributed by atoms with Crippen molar-refractivity contribution < 1.29 is 9.59 Å². The van der Waals surface area contributed by atoms with Gasteiger partial charge in [-0.2, -0.15) is 5.26 Å². The molecule has 0 atom stereocenters. The van der Waals surface area contributed by atoms with E-state index in [2.05, 4.69) is 26.2 Å². The van der Waals surface area contributed by atoms with E-state index >= 15 is 0 Å². The summed E-state index contributed by atoms with van der Waals surface area (Å²) in [6.07, 6.45) is 1.40. The zero-order valence-electron chi connectivity index (χ0n) is 15.3. The van der Waals surface area contributed by atoms with Gasteiger partial charge in [-0.1, -0.05) is 30.3 Å². The van der Waals surface area contributed by atoms with E-state index in [1.54, 1.807) is 23.6 Å². The van der Waals surface area contributed by atoms with Crippen molar-refractivity contribution in [3.63, 3.8) is 0 Å². The highest BCUT2D eigenvalue weighted by Gasteiger charge is 2.18. The summed E-state index contributed by atoms with van der Waals surface area (Å²) in [5.74, 6) is -0.728. The number of para-hydroxylation sites is 2. The first-order valence-electron chi connectivity index (χ1n) is 8.48. The van der Waals surface area contributed by atoms with Gasteiger partial charge in [0.05, 0.1) is 17.1 Å². The van der Waals surface area contributed by atoms with Gasteiger partial charge in [-0.15, -0.1) is 11.3 Å². The fourth-order valence-corrected chi connectivity index (χ4v) is 3.73. The predicted octanol–water partition coefficient (Wildman–Crippen LogP) is 5.14. The number of nitrogens with zero attached hydrogens (tertiary/aromatic N) is 3. The molecule has 0 aliphatic heterocycles. The lowest BCUT2D eigenvalue weighted by Gasteiger charge is -2.17. The van der Waals surface area contributed by atoms with Gasteiger partial charge in [0.25, 0.3) is 5.91 Å². The van der Waals surface area contributed by atoms with E-state index in [1.165, 1.54) is 29.2 Å². The average Bonchev–Trinajstić information content (AvgIpc) is 3.16. The minimum absolute atomic E-state index is 0.0910. The van der Waals surface area contributed by atoms with E-state index in [1.807, 2.05) is 42.5 Å². The van der Waals surface area contributed by atoms with Crippen LogP contribution in [0.5, 0.6) is 0 Å². The van der Waals surface area contributed by atoms with Crippen LogP contribution in [0.25, 0.3) is 6.08 Å². The quantitative estimate of drug-likeness (QED) is 0.416. The Bertz CT molecular complexity index is 1120. The molecule has 0 saturated heterocycles. The standard InChI is InChI=1S/C21H15BrN4O2S/c1-14(27)26(17-7-3-2-4-8-17)21-24-16(13-29-21)11-15(12-23)20(28)25-19-10-6-5-9-18(19)22/h2-11,13H,1H3,(H,25,28)/b15-11-. The molecule has 2 amide bonds. The number of thiazole rings is 1. The number of carbonyl (C=O) groups excluding carboxylic acids is 2. The van der Waals surface area contributed by atoms with Gasteiger partial charge in [-0.05, 0) is 46.3 Å². The lowest BCUT2D eigenvalue weighted by molar-refractivity contribution is -0.116. The Hall–Kier alpha value is -3.28. The molecule has 3 aromatic rings. The molecular weight excluding hydrogens is 452 g/mol. The van der Waals surface area contributed by atoms with Gasteiger partial charge < -0.3 is 5.32 Å². The minimum Gasteiger partial charge on any atom is -0.320 e. The molecule has 1 heterocycles. The molecule has 0 unspecified atom stereocenters. The first kappa shape index (κ1) is 20.5. The van der Waals surface area contributed by atoms with Crippen LogP contribution in [0.2, 0.25) is 0 Å². The molecule has 1 N–H and O–H groups in total. The fraction of sp³-hybridized carbons (Fsp3) is 0.0476. The number of aromatic nitrogens is 1. The van der Waals surface area contributed by atoms with Crippen LogP contribution in [-0.2, 0) is 9.59 Å². The highest BCUT2D eigenvalue weighted by atomic mass is 79.9. The summed E-state index contributed by atoms with van der Waals surface area (Å²) in [5, 5.41) is 14.2. The molecule has 1 aromatic heterocycles. The maximum Gasteiger partial charge on any atom is 0.266 e. The van der Waals surface area contributed by atoms with Crippen molar-refractivity contribution in [1.29, 1.82) is 5.26 Å². The number of halogens is 1. The molecule has 0 bridgehead atoms. The molecule has 144 valence electrons. The van der Waals surface area contributed by atoms with Crippen molar-refractivity contribution in [1.82, 2.24) is 4.98 Å². The number of nitrogens with one attached hydrogen (secondary N) is 1. The zero-order valence-corrected chi connectivity index (χ0v) is 17.7. The topological polar surface area (TPSA) is 86.1 Å². The number of hydrogen-bond acceptors (Lipinski definition) is 5. The summed E-state index contributed by atoms with van der Waals surface area (Å²) in [6.45, 7) is 1.45. The van der Waals surface area contributed by atoms with Crippen molar-refractivity contribution in [2.75, 3.05) is 10.2 Å². The second-order valence-electron chi connectivity index (χ2n) is 5.85. The van der Waals surface area contributed by atoms with Crippen LogP contribution in [0.1, 0.15) is 12.6 Å². The Kier molecular flexibility index (Phi) is 6.54. The lowest BCUT2D eigenvalue weighted by Crippen LogP contribution is -2.22. The van der Waals surface area contributed by atoms with E-state index < -0.39 is 5.91 Å². The second kappa shape index (κ2) is 9.28. The van der Waals surface area contributed by atoms with Gasteiger partial charge >= 0.3 is 0 Å². The maximum absolute atomic E-state index is 12.5. The van der Waals surface area contributed by atoms with E-state index in [0.717, 1.165) is 0 Å². The Morgan fingerprint density at radius 1 is 1.17 bits per heavy atom. The predicted molar refractivity (Wildman–Crippen MR) is 118 cm³/mol. The molecule has 2 aromatic carbocycles.